The molecule has 0 N–H and O–H groups in total. The van der Waals surface area contributed by atoms with E-state index in [1.165, 1.54) is 13.1 Å². The standard InChI is InChI=1S/C6H11NO/c1-2-8-5-6-3-7(1)4-6/h6H,1-5H2. The van der Waals surface area contributed by atoms with Crippen LogP contribution in [0.3, 0.4) is 0 Å². The van der Waals surface area contributed by atoms with Crippen LogP contribution in [0.2, 0.25) is 0 Å². The summed E-state index contributed by atoms with van der Waals surface area (Å²) in [6.45, 7) is 5.71. The van der Waals surface area contributed by atoms with Gasteiger partial charge in [-0.2, -0.15) is 0 Å². The molecule has 8 heavy (non-hydrogen) atoms. The average molecular weight is 113 g/mol. The van der Waals surface area contributed by atoms with Gasteiger partial charge in [-0.05, 0) is 0 Å². The topological polar surface area (TPSA) is 12.5 Å². The molecule has 0 aromatic rings. The molecular weight excluding hydrogens is 102 g/mol. The predicted molar refractivity (Wildman–Crippen MR) is 30.7 cm³/mol. The second kappa shape index (κ2) is 1.71. The van der Waals surface area contributed by atoms with Gasteiger partial charge in [0.15, 0.2) is 0 Å². The van der Waals surface area contributed by atoms with Crippen molar-refractivity contribution in [2.24, 2.45) is 5.92 Å². The van der Waals surface area contributed by atoms with Crippen molar-refractivity contribution in [3.8, 4) is 0 Å². The number of rotatable bonds is 0. The second-order valence-corrected chi connectivity index (χ2v) is 2.70. The van der Waals surface area contributed by atoms with E-state index in [0.29, 0.717) is 0 Å². The van der Waals surface area contributed by atoms with Crippen LogP contribution in [-0.2, 0) is 4.74 Å². The van der Waals surface area contributed by atoms with Crippen LogP contribution in [0.4, 0.5) is 0 Å². The van der Waals surface area contributed by atoms with Crippen molar-refractivity contribution in [3.63, 3.8) is 0 Å². The third kappa shape index (κ3) is 0.644. The summed E-state index contributed by atoms with van der Waals surface area (Å²) in [6, 6.07) is 0. The minimum Gasteiger partial charge on any atom is -0.380 e. The molecule has 0 aromatic heterocycles. The monoisotopic (exact) mass is 113 g/mol. The molecule has 3 aliphatic rings. The van der Waals surface area contributed by atoms with Crippen molar-refractivity contribution in [1.82, 2.24) is 4.90 Å². The Morgan fingerprint density at radius 3 is 3.12 bits per heavy atom. The van der Waals surface area contributed by atoms with Gasteiger partial charge in [-0.15, -0.1) is 0 Å². The third-order valence-corrected chi connectivity index (χ3v) is 1.94. The SMILES string of the molecule is C1CN2CC(CO1)C2. The fraction of sp³-hybridized carbons (Fsp3) is 1.00. The van der Waals surface area contributed by atoms with Crippen LogP contribution in [0.5, 0.6) is 0 Å². The van der Waals surface area contributed by atoms with E-state index in [0.717, 1.165) is 25.7 Å². The minimum absolute atomic E-state index is 0.873. The average Bonchev–Trinajstić information content (AvgIpc) is 1.89. The molecule has 3 fully saturated rings. The van der Waals surface area contributed by atoms with Crippen LogP contribution in [0.25, 0.3) is 0 Å². The highest BCUT2D eigenvalue weighted by Gasteiger charge is 2.28. The van der Waals surface area contributed by atoms with E-state index in [2.05, 4.69) is 4.90 Å². The maximum atomic E-state index is 5.31. The van der Waals surface area contributed by atoms with Crippen molar-refractivity contribution in [2.45, 2.75) is 0 Å². The number of ether oxygens (including phenoxy) is 1. The molecule has 0 saturated carbocycles. The van der Waals surface area contributed by atoms with Gasteiger partial charge < -0.3 is 9.64 Å². The molecule has 3 aliphatic heterocycles. The van der Waals surface area contributed by atoms with Crippen molar-refractivity contribution in [2.75, 3.05) is 32.8 Å². The van der Waals surface area contributed by atoms with E-state index >= 15 is 0 Å². The highest BCUT2D eigenvalue weighted by Crippen LogP contribution is 2.17. The van der Waals surface area contributed by atoms with Crippen LogP contribution in [0, 0.1) is 5.92 Å². The Morgan fingerprint density at radius 1 is 1.38 bits per heavy atom. The number of nitrogens with zero attached hydrogens (tertiary/aromatic N) is 1. The van der Waals surface area contributed by atoms with Crippen LogP contribution in [-0.4, -0.2) is 37.7 Å². The predicted octanol–water partition coefficient (Wildman–Crippen LogP) is -0.0516. The van der Waals surface area contributed by atoms with Gasteiger partial charge in [0.05, 0.1) is 13.2 Å². The normalized spacial score (nSPS) is 45.0. The van der Waals surface area contributed by atoms with Gasteiger partial charge in [0.2, 0.25) is 0 Å². The lowest BCUT2D eigenvalue weighted by Crippen LogP contribution is -2.46. The zero-order valence-corrected chi connectivity index (χ0v) is 4.97. The third-order valence-electron chi connectivity index (χ3n) is 1.94. The zero-order valence-electron chi connectivity index (χ0n) is 4.97. The fourth-order valence-corrected chi connectivity index (χ4v) is 1.41. The molecule has 0 radical (unpaired) electrons. The molecule has 0 atom stereocenters. The molecule has 0 aliphatic carbocycles. The first-order valence-electron chi connectivity index (χ1n) is 3.25. The van der Waals surface area contributed by atoms with E-state index in [-0.39, 0.29) is 0 Å². The lowest BCUT2D eigenvalue weighted by Gasteiger charge is -2.34. The molecular formula is C6H11NO. The van der Waals surface area contributed by atoms with E-state index in [9.17, 15) is 0 Å². The molecule has 0 aromatic carbocycles. The summed E-state index contributed by atoms with van der Waals surface area (Å²) in [5.74, 6) is 0.873. The summed E-state index contributed by atoms with van der Waals surface area (Å²) in [5.41, 5.74) is 0. The van der Waals surface area contributed by atoms with Gasteiger partial charge in [0, 0.05) is 25.6 Å². The summed E-state index contributed by atoms with van der Waals surface area (Å²) in [6.07, 6.45) is 0. The highest BCUT2D eigenvalue weighted by molar-refractivity contribution is 4.81. The molecule has 2 heteroatoms. The van der Waals surface area contributed by atoms with Gasteiger partial charge in [-0.1, -0.05) is 0 Å². The lowest BCUT2D eigenvalue weighted by molar-refractivity contribution is 0.0966. The summed E-state index contributed by atoms with van der Waals surface area (Å²) in [5, 5.41) is 0. The first-order valence-corrected chi connectivity index (χ1v) is 3.25. The van der Waals surface area contributed by atoms with Gasteiger partial charge in [-0.3, -0.25) is 0 Å². The quantitative estimate of drug-likeness (QED) is 0.436. The Labute approximate surface area is 49.4 Å². The van der Waals surface area contributed by atoms with Crippen molar-refractivity contribution in [1.29, 1.82) is 0 Å². The Hall–Kier alpha value is -0.0800. The van der Waals surface area contributed by atoms with Crippen LogP contribution < -0.4 is 0 Å². The summed E-state index contributed by atoms with van der Waals surface area (Å²) in [7, 11) is 0. The van der Waals surface area contributed by atoms with Gasteiger partial charge in [-0.25, -0.2) is 0 Å². The largest absolute Gasteiger partial charge is 0.380 e. The van der Waals surface area contributed by atoms with Gasteiger partial charge in [0.1, 0.15) is 0 Å². The molecule has 0 spiro atoms. The summed E-state index contributed by atoms with van der Waals surface area (Å²) < 4.78 is 5.31. The van der Waals surface area contributed by atoms with Crippen LogP contribution >= 0.6 is 0 Å². The molecule has 46 valence electrons. The Balaban J connectivity index is 1.95. The Morgan fingerprint density at radius 2 is 2.25 bits per heavy atom. The first-order chi connectivity index (χ1) is 3.95. The maximum absolute atomic E-state index is 5.31. The zero-order chi connectivity index (χ0) is 5.40. The molecule has 2 nitrogen and oxygen atoms in total. The van der Waals surface area contributed by atoms with Crippen LogP contribution in [0.15, 0.2) is 0 Å². The molecule has 2 bridgehead atoms. The van der Waals surface area contributed by atoms with Gasteiger partial charge in [0.25, 0.3) is 0 Å². The number of hydrogen-bond acceptors (Lipinski definition) is 2. The molecule has 0 amide bonds. The Kier molecular flexibility index (Phi) is 1.02. The van der Waals surface area contributed by atoms with E-state index in [1.54, 1.807) is 0 Å². The molecule has 0 unspecified atom stereocenters. The minimum atomic E-state index is 0.873. The Bertz CT molecular complexity index is 73.0. The maximum Gasteiger partial charge on any atom is 0.0593 e. The molecule has 3 rings (SSSR count). The van der Waals surface area contributed by atoms with Crippen molar-refractivity contribution >= 4 is 0 Å². The first kappa shape index (κ1) is 4.77. The molecule has 3 saturated heterocycles. The van der Waals surface area contributed by atoms with Crippen LogP contribution in [0.1, 0.15) is 0 Å². The molecule has 3 heterocycles. The summed E-state index contributed by atoms with van der Waals surface area (Å²) in [4.78, 5) is 2.44. The summed E-state index contributed by atoms with van der Waals surface area (Å²) >= 11 is 0. The lowest BCUT2D eigenvalue weighted by atomic mass is 10.0. The van der Waals surface area contributed by atoms with E-state index in [1.807, 2.05) is 0 Å². The van der Waals surface area contributed by atoms with E-state index < -0.39 is 0 Å². The van der Waals surface area contributed by atoms with Crippen molar-refractivity contribution in [3.05, 3.63) is 0 Å². The van der Waals surface area contributed by atoms with E-state index in [4.69, 9.17) is 4.74 Å². The smallest absolute Gasteiger partial charge is 0.0593 e. The second-order valence-electron chi connectivity index (χ2n) is 2.70. The number of fused-ring (bicyclic) bond motifs is 3. The highest BCUT2D eigenvalue weighted by atomic mass is 16.5. The van der Waals surface area contributed by atoms with Gasteiger partial charge >= 0.3 is 0 Å². The van der Waals surface area contributed by atoms with Crippen molar-refractivity contribution < 1.29 is 4.74 Å². The number of hydrogen-bond donors (Lipinski definition) is 0. The fourth-order valence-electron chi connectivity index (χ4n) is 1.41.